The van der Waals surface area contributed by atoms with Gasteiger partial charge >= 0.3 is 6.03 Å². The summed E-state index contributed by atoms with van der Waals surface area (Å²) in [5.41, 5.74) is 1.91. The first kappa shape index (κ1) is 14.9. The van der Waals surface area contributed by atoms with E-state index in [1.807, 2.05) is 41.3 Å². The number of carbonyl (C=O) groups is 1. The maximum Gasteiger partial charge on any atom is 0.322 e. The van der Waals surface area contributed by atoms with Crippen molar-refractivity contribution in [3.05, 3.63) is 54.1 Å². The number of carbonyl (C=O) groups excluding carboxylic acids is 1. The summed E-state index contributed by atoms with van der Waals surface area (Å²) in [7, 11) is 0. The van der Waals surface area contributed by atoms with Crippen LogP contribution >= 0.6 is 0 Å². The van der Waals surface area contributed by atoms with Gasteiger partial charge in [0.25, 0.3) is 0 Å². The molecule has 0 aliphatic carbocycles. The highest BCUT2D eigenvalue weighted by atomic mass is 16.6. The van der Waals surface area contributed by atoms with E-state index in [1.165, 1.54) is 5.56 Å². The van der Waals surface area contributed by atoms with E-state index in [9.17, 15) is 4.79 Å². The number of rotatable bonds is 2. The van der Waals surface area contributed by atoms with Crippen LogP contribution in [0.2, 0.25) is 0 Å². The molecule has 0 aromatic heterocycles. The third-order valence-corrected chi connectivity index (χ3v) is 4.49. The minimum atomic E-state index is -0.0713. The number of nitrogens with one attached hydrogen (secondary N) is 1. The number of ether oxygens (including phenoxy) is 2. The van der Waals surface area contributed by atoms with Gasteiger partial charge in [0.1, 0.15) is 13.2 Å². The van der Waals surface area contributed by atoms with E-state index in [0.29, 0.717) is 19.0 Å². The number of hydrogen-bond acceptors (Lipinski definition) is 3. The molecule has 0 saturated carbocycles. The lowest BCUT2D eigenvalue weighted by atomic mass is 10.1. The standard InChI is InChI=1S/C19H20N2O3/c22-19(20-15-8-9-17-18(13-15)24-12-11-23-17)21-10-4-7-16(21)14-5-2-1-3-6-14/h1-3,5-6,8-9,13,16H,4,7,10-12H2,(H,20,22). The third kappa shape index (κ3) is 2.89. The van der Waals surface area contributed by atoms with Crippen LogP contribution in [-0.2, 0) is 0 Å². The Morgan fingerprint density at radius 3 is 2.67 bits per heavy atom. The van der Waals surface area contributed by atoms with Crippen LogP contribution in [0.5, 0.6) is 11.5 Å². The summed E-state index contributed by atoms with van der Waals surface area (Å²) in [5, 5.41) is 2.99. The molecule has 2 aliphatic rings. The number of benzene rings is 2. The molecule has 4 rings (SSSR count). The lowest BCUT2D eigenvalue weighted by Gasteiger charge is -2.26. The van der Waals surface area contributed by atoms with Gasteiger partial charge < -0.3 is 19.7 Å². The Bertz CT molecular complexity index is 733. The van der Waals surface area contributed by atoms with Crippen molar-refractivity contribution >= 4 is 11.7 Å². The molecular weight excluding hydrogens is 304 g/mol. The SMILES string of the molecule is O=C(Nc1ccc2c(c1)OCCO2)N1CCCC1c1ccccc1. The van der Waals surface area contributed by atoms with Crippen molar-refractivity contribution in [1.82, 2.24) is 4.90 Å². The molecular formula is C19H20N2O3. The Labute approximate surface area is 141 Å². The zero-order chi connectivity index (χ0) is 16.4. The van der Waals surface area contributed by atoms with Crippen LogP contribution in [0, 0.1) is 0 Å². The largest absolute Gasteiger partial charge is 0.486 e. The van der Waals surface area contributed by atoms with Crippen molar-refractivity contribution in [2.45, 2.75) is 18.9 Å². The van der Waals surface area contributed by atoms with Gasteiger partial charge in [0.2, 0.25) is 0 Å². The highest BCUT2D eigenvalue weighted by molar-refractivity contribution is 5.90. The van der Waals surface area contributed by atoms with Crippen molar-refractivity contribution < 1.29 is 14.3 Å². The van der Waals surface area contributed by atoms with Gasteiger partial charge in [0.05, 0.1) is 6.04 Å². The van der Waals surface area contributed by atoms with Crippen LogP contribution in [0.1, 0.15) is 24.4 Å². The maximum atomic E-state index is 12.7. The summed E-state index contributed by atoms with van der Waals surface area (Å²) in [4.78, 5) is 14.6. The Kier molecular flexibility index (Phi) is 3.99. The molecule has 1 saturated heterocycles. The number of anilines is 1. The van der Waals surface area contributed by atoms with Crippen molar-refractivity contribution in [3.63, 3.8) is 0 Å². The highest BCUT2D eigenvalue weighted by Gasteiger charge is 2.30. The number of urea groups is 1. The summed E-state index contributed by atoms with van der Waals surface area (Å²) in [6.45, 7) is 1.87. The predicted molar refractivity (Wildman–Crippen MR) is 91.6 cm³/mol. The van der Waals surface area contributed by atoms with Gasteiger partial charge in [-0.2, -0.15) is 0 Å². The lowest BCUT2D eigenvalue weighted by molar-refractivity contribution is 0.171. The summed E-state index contributed by atoms with van der Waals surface area (Å²) < 4.78 is 11.1. The quantitative estimate of drug-likeness (QED) is 0.913. The Morgan fingerprint density at radius 1 is 1.04 bits per heavy atom. The zero-order valence-electron chi connectivity index (χ0n) is 13.4. The van der Waals surface area contributed by atoms with Crippen LogP contribution in [0.3, 0.4) is 0 Å². The monoisotopic (exact) mass is 324 g/mol. The predicted octanol–water partition coefficient (Wildman–Crippen LogP) is 3.83. The maximum absolute atomic E-state index is 12.7. The van der Waals surface area contributed by atoms with E-state index < -0.39 is 0 Å². The molecule has 5 nitrogen and oxygen atoms in total. The molecule has 1 unspecified atom stereocenters. The van der Waals surface area contributed by atoms with Gasteiger partial charge in [-0.15, -0.1) is 0 Å². The minimum absolute atomic E-state index is 0.0713. The van der Waals surface area contributed by atoms with Gasteiger partial charge in [-0.1, -0.05) is 30.3 Å². The molecule has 1 fully saturated rings. The van der Waals surface area contributed by atoms with Gasteiger partial charge in [-0.3, -0.25) is 0 Å². The number of amides is 2. The molecule has 0 radical (unpaired) electrons. The van der Waals surface area contributed by atoms with E-state index in [0.717, 1.165) is 30.8 Å². The van der Waals surface area contributed by atoms with E-state index >= 15 is 0 Å². The summed E-state index contributed by atoms with van der Waals surface area (Å²) in [5.74, 6) is 1.41. The van der Waals surface area contributed by atoms with Crippen LogP contribution < -0.4 is 14.8 Å². The average molecular weight is 324 g/mol. The van der Waals surface area contributed by atoms with Crippen molar-refractivity contribution in [3.8, 4) is 11.5 Å². The molecule has 24 heavy (non-hydrogen) atoms. The highest BCUT2D eigenvalue weighted by Crippen LogP contribution is 2.34. The Hall–Kier alpha value is -2.69. The molecule has 2 aromatic rings. The molecule has 5 heteroatoms. The summed E-state index contributed by atoms with van der Waals surface area (Å²) in [6, 6.07) is 15.8. The molecule has 2 aromatic carbocycles. The summed E-state index contributed by atoms with van der Waals surface area (Å²) >= 11 is 0. The summed E-state index contributed by atoms with van der Waals surface area (Å²) in [6.07, 6.45) is 2.02. The van der Waals surface area contributed by atoms with E-state index in [2.05, 4.69) is 17.4 Å². The van der Waals surface area contributed by atoms with Crippen LogP contribution in [0.25, 0.3) is 0 Å². The number of fused-ring (bicyclic) bond motifs is 1. The third-order valence-electron chi connectivity index (χ3n) is 4.49. The fraction of sp³-hybridized carbons (Fsp3) is 0.316. The van der Waals surface area contributed by atoms with Gasteiger partial charge in [-0.05, 0) is 30.5 Å². The minimum Gasteiger partial charge on any atom is -0.486 e. The molecule has 2 amide bonds. The van der Waals surface area contributed by atoms with Crippen molar-refractivity contribution in [2.24, 2.45) is 0 Å². The topological polar surface area (TPSA) is 50.8 Å². The molecule has 2 heterocycles. The fourth-order valence-corrected chi connectivity index (χ4v) is 3.35. The van der Waals surface area contributed by atoms with Gasteiger partial charge in [0.15, 0.2) is 11.5 Å². The van der Waals surface area contributed by atoms with Crippen molar-refractivity contribution in [2.75, 3.05) is 25.1 Å². The van der Waals surface area contributed by atoms with E-state index in [1.54, 1.807) is 0 Å². The van der Waals surface area contributed by atoms with Gasteiger partial charge in [0, 0.05) is 18.3 Å². The molecule has 1 N–H and O–H groups in total. The Balaban J connectivity index is 1.49. The zero-order valence-corrected chi connectivity index (χ0v) is 13.4. The van der Waals surface area contributed by atoms with Gasteiger partial charge in [-0.25, -0.2) is 4.79 Å². The van der Waals surface area contributed by atoms with Crippen LogP contribution in [-0.4, -0.2) is 30.7 Å². The smallest absolute Gasteiger partial charge is 0.322 e. The second kappa shape index (κ2) is 6.43. The molecule has 0 bridgehead atoms. The van der Waals surface area contributed by atoms with Crippen LogP contribution in [0.15, 0.2) is 48.5 Å². The number of hydrogen-bond donors (Lipinski definition) is 1. The molecule has 124 valence electrons. The molecule has 2 aliphatic heterocycles. The number of likely N-dealkylation sites (tertiary alicyclic amines) is 1. The lowest BCUT2D eigenvalue weighted by Crippen LogP contribution is -2.34. The van der Waals surface area contributed by atoms with Crippen molar-refractivity contribution in [1.29, 1.82) is 0 Å². The number of nitrogens with zero attached hydrogens (tertiary/aromatic N) is 1. The normalized spacial score (nSPS) is 19.2. The Morgan fingerprint density at radius 2 is 1.83 bits per heavy atom. The first-order valence-corrected chi connectivity index (χ1v) is 8.33. The average Bonchev–Trinajstić information content (AvgIpc) is 3.12. The first-order valence-electron chi connectivity index (χ1n) is 8.33. The van der Waals surface area contributed by atoms with Crippen LogP contribution in [0.4, 0.5) is 10.5 Å². The molecule has 0 spiro atoms. The van der Waals surface area contributed by atoms with E-state index in [-0.39, 0.29) is 12.1 Å². The second-order valence-corrected chi connectivity index (χ2v) is 6.05. The molecule has 1 atom stereocenters. The first-order chi connectivity index (χ1) is 11.8. The van der Waals surface area contributed by atoms with E-state index in [4.69, 9.17) is 9.47 Å². The second-order valence-electron chi connectivity index (χ2n) is 6.05. The fourth-order valence-electron chi connectivity index (χ4n) is 3.35.